The number of benzene rings is 1. The Morgan fingerprint density at radius 2 is 2.14 bits per heavy atom. The zero-order chi connectivity index (χ0) is 10.6. The lowest BCUT2D eigenvalue weighted by Crippen LogP contribution is -2.18. The summed E-state index contributed by atoms with van der Waals surface area (Å²) in [5.74, 6) is 0. The largest absolute Gasteiger partial charge is 0.392 e. The van der Waals surface area contributed by atoms with E-state index in [-0.39, 0.29) is 6.61 Å². The van der Waals surface area contributed by atoms with Crippen molar-refractivity contribution in [3.05, 3.63) is 28.8 Å². The van der Waals surface area contributed by atoms with Gasteiger partial charge in [0.25, 0.3) is 0 Å². The molecule has 1 rings (SSSR count). The third kappa shape index (κ3) is 2.63. The maximum Gasteiger partial charge on any atom is 0.0682 e. The van der Waals surface area contributed by atoms with Gasteiger partial charge in [0.1, 0.15) is 0 Å². The first-order chi connectivity index (χ1) is 6.69. The van der Waals surface area contributed by atoms with Crippen LogP contribution in [0.2, 0.25) is 5.02 Å². The van der Waals surface area contributed by atoms with Crippen molar-refractivity contribution in [2.75, 3.05) is 18.5 Å². The molecule has 78 valence electrons. The molecule has 2 nitrogen and oxygen atoms in total. The topological polar surface area (TPSA) is 23.5 Å². The van der Waals surface area contributed by atoms with E-state index in [4.69, 9.17) is 16.7 Å². The normalized spacial score (nSPS) is 10.3. The molecule has 0 aromatic heterocycles. The molecule has 1 aromatic carbocycles. The number of aliphatic hydroxyl groups excluding tert-OH is 1. The maximum absolute atomic E-state index is 8.92. The Morgan fingerprint density at radius 1 is 1.43 bits per heavy atom. The van der Waals surface area contributed by atoms with E-state index in [2.05, 4.69) is 11.8 Å². The van der Waals surface area contributed by atoms with Crippen LogP contribution < -0.4 is 4.90 Å². The Balaban J connectivity index is 2.88. The highest BCUT2D eigenvalue weighted by atomic mass is 35.5. The van der Waals surface area contributed by atoms with E-state index in [1.54, 1.807) is 0 Å². The van der Waals surface area contributed by atoms with Gasteiger partial charge in [0.2, 0.25) is 0 Å². The predicted molar refractivity (Wildman–Crippen MR) is 60.9 cm³/mol. The standard InChI is InChI=1S/C11H16ClNO/c1-3-6-13(2)11-5-4-9(8-14)7-10(11)12/h4-5,7,14H,3,6,8H2,1-2H3. The molecule has 0 saturated carbocycles. The average Bonchev–Trinajstić information content (AvgIpc) is 2.17. The van der Waals surface area contributed by atoms with Crippen LogP contribution in [0.25, 0.3) is 0 Å². The lowest BCUT2D eigenvalue weighted by molar-refractivity contribution is 0.282. The molecule has 0 radical (unpaired) electrons. The second-order valence-corrected chi connectivity index (χ2v) is 3.77. The third-order valence-electron chi connectivity index (χ3n) is 2.16. The van der Waals surface area contributed by atoms with Gasteiger partial charge in [-0.25, -0.2) is 0 Å². The molecular weight excluding hydrogens is 198 g/mol. The highest BCUT2D eigenvalue weighted by Crippen LogP contribution is 2.26. The summed E-state index contributed by atoms with van der Waals surface area (Å²) in [6.07, 6.45) is 1.09. The highest BCUT2D eigenvalue weighted by Gasteiger charge is 2.05. The van der Waals surface area contributed by atoms with E-state index in [9.17, 15) is 0 Å². The van der Waals surface area contributed by atoms with Crippen molar-refractivity contribution >= 4 is 17.3 Å². The molecule has 3 heteroatoms. The van der Waals surface area contributed by atoms with Crippen LogP contribution in [0.1, 0.15) is 18.9 Å². The van der Waals surface area contributed by atoms with Crippen LogP contribution in [-0.2, 0) is 6.61 Å². The molecule has 1 aromatic rings. The fourth-order valence-corrected chi connectivity index (χ4v) is 1.76. The SMILES string of the molecule is CCCN(C)c1ccc(CO)cc1Cl. The molecule has 0 aliphatic heterocycles. The molecule has 0 fully saturated rings. The number of halogens is 1. The van der Waals surface area contributed by atoms with Gasteiger partial charge < -0.3 is 10.0 Å². The molecular formula is C11H16ClNO. The number of hydrogen-bond acceptors (Lipinski definition) is 2. The number of hydrogen-bond donors (Lipinski definition) is 1. The Bertz CT molecular complexity index is 301. The van der Waals surface area contributed by atoms with Crippen molar-refractivity contribution in [2.24, 2.45) is 0 Å². The third-order valence-corrected chi connectivity index (χ3v) is 2.47. The highest BCUT2D eigenvalue weighted by molar-refractivity contribution is 6.33. The van der Waals surface area contributed by atoms with Crippen molar-refractivity contribution in [2.45, 2.75) is 20.0 Å². The quantitative estimate of drug-likeness (QED) is 0.832. The van der Waals surface area contributed by atoms with Crippen molar-refractivity contribution in [1.29, 1.82) is 0 Å². The summed E-state index contributed by atoms with van der Waals surface area (Å²) in [7, 11) is 2.02. The lowest BCUT2D eigenvalue weighted by atomic mass is 10.2. The molecule has 0 atom stereocenters. The Kier molecular flexibility index (Phi) is 4.23. The summed E-state index contributed by atoms with van der Waals surface area (Å²) in [6, 6.07) is 5.65. The first kappa shape index (κ1) is 11.3. The fraction of sp³-hybridized carbons (Fsp3) is 0.455. The molecule has 0 bridgehead atoms. The zero-order valence-electron chi connectivity index (χ0n) is 8.63. The van der Waals surface area contributed by atoms with Gasteiger partial charge in [0.05, 0.1) is 17.3 Å². The van der Waals surface area contributed by atoms with E-state index in [1.165, 1.54) is 0 Å². The van der Waals surface area contributed by atoms with Gasteiger partial charge in [0, 0.05) is 13.6 Å². The van der Waals surface area contributed by atoms with E-state index >= 15 is 0 Å². The zero-order valence-corrected chi connectivity index (χ0v) is 9.38. The minimum absolute atomic E-state index is 0.0392. The van der Waals surface area contributed by atoms with Crippen LogP contribution in [0, 0.1) is 0 Å². The van der Waals surface area contributed by atoms with Gasteiger partial charge in [0.15, 0.2) is 0 Å². The van der Waals surface area contributed by atoms with E-state index in [1.807, 2.05) is 25.2 Å². The number of rotatable bonds is 4. The summed E-state index contributed by atoms with van der Waals surface area (Å²) in [5.41, 5.74) is 1.87. The Labute approximate surface area is 90.1 Å². The molecule has 1 N–H and O–H groups in total. The van der Waals surface area contributed by atoms with Crippen molar-refractivity contribution in [3.8, 4) is 0 Å². The van der Waals surface area contributed by atoms with Crippen LogP contribution in [0.4, 0.5) is 5.69 Å². The van der Waals surface area contributed by atoms with Gasteiger partial charge in [-0.15, -0.1) is 0 Å². The molecule has 0 amide bonds. The molecule has 0 heterocycles. The van der Waals surface area contributed by atoms with Crippen LogP contribution in [-0.4, -0.2) is 18.7 Å². The van der Waals surface area contributed by atoms with Crippen LogP contribution in [0.15, 0.2) is 18.2 Å². The number of aliphatic hydroxyl groups is 1. The molecule has 14 heavy (non-hydrogen) atoms. The van der Waals surface area contributed by atoms with Crippen molar-refractivity contribution in [3.63, 3.8) is 0 Å². The van der Waals surface area contributed by atoms with Crippen LogP contribution in [0.3, 0.4) is 0 Å². The first-order valence-electron chi connectivity index (χ1n) is 4.79. The number of anilines is 1. The summed E-state index contributed by atoms with van der Waals surface area (Å²) < 4.78 is 0. The Hall–Kier alpha value is -0.730. The summed E-state index contributed by atoms with van der Waals surface area (Å²) in [6.45, 7) is 3.15. The van der Waals surface area contributed by atoms with E-state index in [0.29, 0.717) is 5.02 Å². The fourth-order valence-electron chi connectivity index (χ4n) is 1.41. The summed E-state index contributed by atoms with van der Waals surface area (Å²) in [5, 5.41) is 9.62. The van der Waals surface area contributed by atoms with E-state index < -0.39 is 0 Å². The van der Waals surface area contributed by atoms with Gasteiger partial charge in [-0.05, 0) is 24.1 Å². The minimum Gasteiger partial charge on any atom is -0.392 e. The smallest absolute Gasteiger partial charge is 0.0682 e. The second-order valence-electron chi connectivity index (χ2n) is 3.37. The summed E-state index contributed by atoms with van der Waals surface area (Å²) in [4.78, 5) is 2.11. The number of nitrogens with zero attached hydrogens (tertiary/aromatic N) is 1. The van der Waals surface area contributed by atoms with Crippen molar-refractivity contribution in [1.82, 2.24) is 0 Å². The summed E-state index contributed by atoms with van der Waals surface area (Å²) >= 11 is 6.09. The first-order valence-corrected chi connectivity index (χ1v) is 5.17. The van der Waals surface area contributed by atoms with Gasteiger partial charge in [-0.1, -0.05) is 24.6 Å². The molecule has 0 spiro atoms. The van der Waals surface area contributed by atoms with E-state index in [0.717, 1.165) is 24.2 Å². The Morgan fingerprint density at radius 3 is 2.64 bits per heavy atom. The minimum atomic E-state index is 0.0392. The monoisotopic (exact) mass is 213 g/mol. The maximum atomic E-state index is 8.92. The van der Waals surface area contributed by atoms with Gasteiger partial charge in [-0.2, -0.15) is 0 Å². The molecule has 0 saturated heterocycles. The van der Waals surface area contributed by atoms with Crippen molar-refractivity contribution < 1.29 is 5.11 Å². The second kappa shape index (κ2) is 5.23. The average molecular weight is 214 g/mol. The van der Waals surface area contributed by atoms with Gasteiger partial charge >= 0.3 is 0 Å². The molecule has 0 aliphatic rings. The van der Waals surface area contributed by atoms with Crippen LogP contribution in [0.5, 0.6) is 0 Å². The lowest BCUT2D eigenvalue weighted by Gasteiger charge is -2.20. The molecule has 0 unspecified atom stereocenters. The molecule has 0 aliphatic carbocycles. The van der Waals surface area contributed by atoms with Crippen LogP contribution >= 0.6 is 11.6 Å². The predicted octanol–water partition coefficient (Wildman–Crippen LogP) is 2.68. The van der Waals surface area contributed by atoms with Gasteiger partial charge in [-0.3, -0.25) is 0 Å².